The summed E-state index contributed by atoms with van der Waals surface area (Å²) in [5.41, 5.74) is 0.533. The van der Waals surface area contributed by atoms with Gasteiger partial charge in [0.1, 0.15) is 0 Å². The molecule has 0 aliphatic heterocycles. The number of nitro groups is 1. The highest BCUT2D eigenvalue weighted by atomic mass is 16.6. The molecule has 0 spiro atoms. The lowest BCUT2D eigenvalue weighted by molar-refractivity contribution is -0.385. The Morgan fingerprint density at radius 2 is 2.11 bits per heavy atom. The molecule has 0 radical (unpaired) electrons. The van der Waals surface area contributed by atoms with Gasteiger partial charge in [0.2, 0.25) is 5.91 Å². The molecular formula is C12H17N3O3. The van der Waals surface area contributed by atoms with Crippen LogP contribution < -0.4 is 10.6 Å². The highest BCUT2D eigenvalue weighted by molar-refractivity contribution is 5.78. The van der Waals surface area contributed by atoms with Crippen LogP contribution in [-0.2, 0) is 11.3 Å². The van der Waals surface area contributed by atoms with Gasteiger partial charge in [-0.1, -0.05) is 25.1 Å². The molecule has 0 heterocycles. The van der Waals surface area contributed by atoms with Gasteiger partial charge < -0.3 is 10.6 Å². The van der Waals surface area contributed by atoms with Crippen LogP contribution in [0.15, 0.2) is 24.3 Å². The van der Waals surface area contributed by atoms with E-state index in [1.807, 2.05) is 6.92 Å². The zero-order chi connectivity index (χ0) is 13.4. The topological polar surface area (TPSA) is 84.3 Å². The van der Waals surface area contributed by atoms with E-state index in [0.29, 0.717) is 5.56 Å². The molecule has 0 unspecified atom stereocenters. The Labute approximate surface area is 106 Å². The molecule has 98 valence electrons. The Morgan fingerprint density at radius 1 is 1.39 bits per heavy atom. The molecule has 0 aromatic heterocycles. The molecule has 6 heteroatoms. The minimum Gasteiger partial charge on any atom is -0.351 e. The number of hydrogen-bond donors (Lipinski definition) is 2. The van der Waals surface area contributed by atoms with E-state index in [9.17, 15) is 14.9 Å². The second-order valence-electron chi connectivity index (χ2n) is 3.84. The predicted molar refractivity (Wildman–Crippen MR) is 68.1 cm³/mol. The van der Waals surface area contributed by atoms with E-state index in [1.54, 1.807) is 18.2 Å². The van der Waals surface area contributed by atoms with E-state index >= 15 is 0 Å². The monoisotopic (exact) mass is 251 g/mol. The van der Waals surface area contributed by atoms with Crippen LogP contribution in [0.5, 0.6) is 0 Å². The quantitative estimate of drug-likeness (QED) is 0.433. The summed E-state index contributed by atoms with van der Waals surface area (Å²) < 4.78 is 0. The number of rotatable bonds is 7. The minimum atomic E-state index is -0.448. The molecule has 0 fully saturated rings. The lowest BCUT2D eigenvalue weighted by atomic mass is 10.2. The number of carbonyl (C=O) groups is 1. The van der Waals surface area contributed by atoms with Crippen molar-refractivity contribution in [2.75, 3.05) is 13.1 Å². The van der Waals surface area contributed by atoms with Crippen LogP contribution in [0.3, 0.4) is 0 Å². The number of para-hydroxylation sites is 1. The summed E-state index contributed by atoms with van der Waals surface area (Å²) in [6, 6.07) is 6.38. The smallest absolute Gasteiger partial charge is 0.274 e. The standard InChI is InChI=1S/C12H17N3O3/c1-2-7-13-9-12(16)14-8-10-5-3-4-6-11(10)15(17)18/h3-6,13H,2,7-9H2,1H3,(H,14,16). The summed E-state index contributed by atoms with van der Waals surface area (Å²) in [7, 11) is 0. The van der Waals surface area contributed by atoms with Crippen molar-refractivity contribution in [3.63, 3.8) is 0 Å². The fourth-order valence-corrected chi connectivity index (χ4v) is 1.47. The Hall–Kier alpha value is -1.95. The molecule has 0 aliphatic carbocycles. The van der Waals surface area contributed by atoms with E-state index in [0.717, 1.165) is 13.0 Å². The first kappa shape index (κ1) is 14.1. The second-order valence-corrected chi connectivity index (χ2v) is 3.84. The van der Waals surface area contributed by atoms with E-state index < -0.39 is 4.92 Å². The minimum absolute atomic E-state index is 0.0271. The molecule has 18 heavy (non-hydrogen) atoms. The summed E-state index contributed by atoms with van der Waals surface area (Å²) in [6.07, 6.45) is 0.956. The van der Waals surface area contributed by atoms with Crippen LogP contribution in [0, 0.1) is 10.1 Å². The van der Waals surface area contributed by atoms with Gasteiger partial charge in [-0.3, -0.25) is 14.9 Å². The van der Waals surface area contributed by atoms with Gasteiger partial charge >= 0.3 is 0 Å². The van der Waals surface area contributed by atoms with Gasteiger partial charge in [-0.05, 0) is 13.0 Å². The molecular weight excluding hydrogens is 234 g/mol. The predicted octanol–water partition coefficient (Wildman–Crippen LogP) is 1.21. The van der Waals surface area contributed by atoms with Crippen LogP contribution >= 0.6 is 0 Å². The van der Waals surface area contributed by atoms with Crippen molar-refractivity contribution in [2.24, 2.45) is 0 Å². The third-order valence-electron chi connectivity index (χ3n) is 2.38. The highest BCUT2D eigenvalue weighted by Crippen LogP contribution is 2.16. The van der Waals surface area contributed by atoms with Gasteiger partial charge in [0.25, 0.3) is 5.69 Å². The summed E-state index contributed by atoms with van der Waals surface area (Å²) in [6.45, 7) is 3.19. The van der Waals surface area contributed by atoms with E-state index in [-0.39, 0.29) is 24.7 Å². The average molecular weight is 251 g/mol. The van der Waals surface area contributed by atoms with Gasteiger partial charge in [-0.25, -0.2) is 0 Å². The van der Waals surface area contributed by atoms with Crippen molar-refractivity contribution in [1.29, 1.82) is 0 Å². The van der Waals surface area contributed by atoms with Gasteiger partial charge in [-0.2, -0.15) is 0 Å². The molecule has 0 saturated carbocycles. The van der Waals surface area contributed by atoms with Crippen molar-refractivity contribution >= 4 is 11.6 Å². The third kappa shape index (κ3) is 4.50. The number of carbonyl (C=O) groups excluding carboxylic acids is 1. The second kappa shape index (κ2) is 7.39. The van der Waals surface area contributed by atoms with Crippen molar-refractivity contribution in [3.05, 3.63) is 39.9 Å². The average Bonchev–Trinajstić information content (AvgIpc) is 2.37. The molecule has 1 aromatic carbocycles. The molecule has 1 amide bonds. The summed E-state index contributed by atoms with van der Waals surface area (Å²) in [5, 5.41) is 16.4. The molecule has 0 saturated heterocycles. The van der Waals surface area contributed by atoms with Crippen LogP contribution in [-0.4, -0.2) is 23.9 Å². The largest absolute Gasteiger partial charge is 0.351 e. The van der Waals surface area contributed by atoms with E-state index in [4.69, 9.17) is 0 Å². The number of benzene rings is 1. The molecule has 2 N–H and O–H groups in total. The van der Waals surface area contributed by atoms with Crippen LogP contribution in [0.25, 0.3) is 0 Å². The fraction of sp³-hybridized carbons (Fsp3) is 0.417. The molecule has 0 atom stereocenters. The maximum absolute atomic E-state index is 11.4. The van der Waals surface area contributed by atoms with Gasteiger partial charge in [0, 0.05) is 18.2 Å². The van der Waals surface area contributed by atoms with E-state index in [1.165, 1.54) is 6.07 Å². The number of amides is 1. The number of nitrogens with zero attached hydrogens (tertiary/aromatic N) is 1. The fourth-order valence-electron chi connectivity index (χ4n) is 1.47. The van der Waals surface area contributed by atoms with Crippen molar-refractivity contribution in [2.45, 2.75) is 19.9 Å². The first-order chi connectivity index (χ1) is 8.65. The SMILES string of the molecule is CCCNCC(=O)NCc1ccccc1[N+](=O)[O-]. The number of nitro benzene ring substituents is 1. The first-order valence-corrected chi connectivity index (χ1v) is 5.85. The van der Waals surface area contributed by atoms with Gasteiger partial charge in [0.05, 0.1) is 11.5 Å². The van der Waals surface area contributed by atoms with Crippen molar-refractivity contribution in [3.8, 4) is 0 Å². The molecule has 0 aliphatic rings. The number of nitrogens with one attached hydrogen (secondary N) is 2. The zero-order valence-electron chi connectivity index (χ0n) is 10.3. The van der Waals surface area contributed by atoms with Crippen molar-refractivity contribution in [1.82, 2.24) is 10.6 Å². The lowest BCUT2D eigenvalue weighted by Gasteiger charge is -2.06. The molecule has 6 nitrogen and oxygen atoms in total. The van der Waals surface area contributed by atoms with Gasteiger partial charge in [0.15, 0.2) is 0 Å². The third-order valence-corrected chi connectivity index (χ3v) is 2.38. The molecule has 0 bridgehead atoms. The lowest BCUT2D eigenvalue weighted by Crippen LogP contribution is -2.33. The van der Waals surface area contributed by atoms with Gasteiger partial charge in [-0.15, -0.1) is 0 Å². The summed E-state index contributed by atoms with van der Waals surface area (Å²) in [4.78, 5) is 21.7. The normalized spacial score (nSPS) is 10.1. The number of hydrogen-bond acceptors (Lipinski definition) is 4. The maximum atomic E-state index is 11.4. The summed E-state index contributed by atoms with van der Waals surface area (Å²) >= 11 is 0. The Balaban J connectivity index is 2.48. The summed E-state index contributed by atoms with van der Waals surface area (Å²) in [5.74, 6) is -0.165. The molecule has 1 aromatic rings. The Morgan fingerprint density at radius 3 is 2.78 bits per heavy atom. The Kier molecular flexibility index (Phi) is 5.79. The van der Waals surface area contributed by atoms with Crippen LogP contribution in [0.4, 0.5) is 5.69 Å². The van der Waals surface area contributed by atoms with Crippen LogP contribution in [0.2, 0.25) is 0 Å². The molecule has 1 rings (SSSR count). The van der Waals surface area contributed by atoms with Crippen molar-refractivity contribution < 1.29 is 9.72 Å². The zero-order valence-corrected chi connectivity index (χ0v) is 10.3. The van der Waals surface area contributed by atoms with E-state index in [2.05, 4.69) is 10.6 Å². The highest BCUT2D eigenvalue weighted by Gasteiger charge is 2.12. The first-order valence-electron chi connectivity index (χ1n) is 5.85. The maximum Gasteiger partial charge on any atom is 0.274 e. The Bertz CT molecular complexity index is 421. The van der Waals surface area contributed by atoms with Crippen LogP contribution in [0.1, 0.15) is 18.9 Å².